The molecule has 0 unspecified atom stereocenters. The fraction of sp³-hybridized carbons (Fsp3) is 0.278. The Bertz CT molecular complexity index is 797. The first-order chi connectivity index (χ1) is 12.2. The lowest BCUT2D eigenvalue weighted by molar-refractivity contribution is -0.113. The fourth-order valence-electron chi connectivity index (χ4n) is 2.41. The molecule has 1 amide bonds. The standard InChI is InChI=1S/C18H20N4O2S/c1-2-4-14-6-8-15(9-7-14)20-17(23)12-25-18-21-19-13-22(18)11-16-5-3-10-24-16/h3,5-10,13H,2,4,11-12H2,1H3,(H,20,23). The normalized spacial score (nSPS) is 10.8. The van der Waals surface area contributed by atoms with Crippen LogP contribution in [-0.2, 0) is 17.8 Å². The average Bonchev–Trinajstić information content (AvgIpc) is 3.27. The SMILES string of the molecule is CCCc1ccc(NC(=O)CSc2nncn2Cc2ccco2)cc1. The number of anilines is 1. The smallest absolute Gasteiger partial charge is 0.234 e. The molecule has 0 radical (unpaired) electrons. The van der Waals surface area contributed by atoms with E-state index in [0.29, 0.717) is 11.7 Å². The summed E-state index contributed by atoms with van der Waals surface area (Å²) in [6.07, 6.45) is 5.43. The van der Waals surface area contributed by atoms with Gasteiger partial charge in [0.05, 0.1) is 18.6 Å². The van der Waals surface area contributed by atoms with Crippen LogP contribution in [0.1, 0.15) is 24.7 Å². The molecule has 3 aromatic rings. The van der Waals surface area contributed by atoms with Gasteiger partial charge in [0.2, 0.25) is 5.91 Å². The molecule has 2 aromatic heterocycles. The van der Waals surface area contributed by atoms with Crippen LogP contribution in [0.25, 0.3) is 0 Å². The van der Waals surface area contributed by atoms with Crippen molar-refractivity contribution < 1.29 is 9.21 Å². The van der Waals surface area contributed by atoms with Crippen molar-refractivity contribution in [2.24, 2.45) is 0 Å². The lowest BCUT2D eigenvalue weighted by Gasteiger charge is -2.07. The summed E-state index contributed by atoms with van der Waals surface area (Å²) >= 11 is 1.35. The van der Waals surface area contributed by atoms with Gasteiger partial charge in [0.15, 0.2) is 5.16 Å². The molecule has 25 heavy (non-hydrogen) atoms. The number of thioether (sulfide) groups is 1. The van der Waals surface area contributed by atoms with Gasteiger partial charge in [-0.05, 0) is 36.2 Å². The topological polar surface area (TPSA) is 73.0 Å². The van der Waals surface area contributed by atoms with Crippen LogP contribution < -0.4 is 5.32 Å². The number of carbonyl (C=O) groups excluding carboxylic acids is 1. The lowest BCUT2D eigenvalue weighted by atomic mass is 10.1. The van der Waals surface area contributed by atoms with Gasteiger partial charge in [0.1, 0.15) is 12.1 Å². The van der Waals surface area contributed by atoms with Crippen molar-refractivity contribution in [3.05, 3.63) is 60.3 Å². The summed E-state index contributed by atoms with van der Waals surface area (Å²) in [6.45, 7) is 2.69. The van der Waals surface area contributed by atoms with E-state index >= 15 is 0 Å². The van der Waals surface area contributed by atoms with Crippen LogP contribution in [0.15, 0.2) is 58.6 Å². The first-order valence-electron chi connectivity index (χ1n) is 8.16. The largest absolute Gasteiger partial charge is 0.467 e. The van der Waals surface area contributed by atoms with Gasteiger partial charge in [-0.2, -0.15) is 0 Å². The highest BCUT2D eigenvalue weighted by Crippen LogP contribution is 2.17. The second kappa shape index (κ2) is 8.53. The van der Waals surface area contributed by atoms with E-state index in [1.165, 1.54) is 17.3 Å². The van der Waals surface area contributed by atoms with Gasteiger partial charge in [-0.15, -0.1) is 10.2 Å². The highest BCUT2D eigenvalue weighted by Gasteiger charge is 2.10. The molecule has 0 aliphatic heterocycles. The van der Waals surface area contributed by atoms with Crippen molar-refractivity contribution in [1.82, 2.24) is 14.8 Å². The summed E-state index contributed by atoms with van der Waals surface area (Å²) in [5, 5.41) is 11.6. The van der Waals surface area contributed by atoms with Crippen LogP contribution in [0.3, 0.4) is 0 Å². The Hall–Kier alpha value is -2.54. The van der Waals surface area contributed by atoms with Gasteiger partial charge in [0.25, 0.3) is 0 Å². The van der Waals surface area contributed by atoms with E-state index in [9.17, 15) is 4.79 Å². The molecule has 0 aliphatic rings. The van der Waals surface area contributed by atoms with E-state index < -0.39 is 0 Å². The van der Waals surface area contributed by atoms with Crippen molar-refractivity contribution in [2.75, 3.05) is 11.1 Å². The van der Waals surface area contributed by atoms with Gasteiger partial charge in [-0.25, -0.2) is 0 Å². The maximum atomic E-state index is 12.1. The summed E-state index contributed by atoms with van der Waals surface area (Å²) in [6, 6.07) is 11.7. The Kier molecular flexibility index (Phi) is 5.90. The van der Waals surface area contributed by atoms with Crippen LogP contribution >= 0.6 is 11.8 Å². The highest BCUT2D eigenvalue weighted by molar-refractivity contribution is 7.99. The number of rotatable bonds is 8. The number of furan rings is 1. The lowest BCUT2D eigenvalue weighted by Crippen LogP contribution is -2.14. The van der Waals surface area contributed by atoms with Crippen LogP contribution in [0.2, 0.25) is 0 Å². The highest BCUT2D eigenvalue weighted by atomic mass is 32.2. The maximum Gasteiger partial charge on any atom is 0.234 e. The number of carbonyl (C=O) groups is 1. The maximum absolute atomic E-state index is 12.1. The monoisotopic (exact) mass is 356 g/mol. The fourth-order valence-corrected chi connectivity index (χ4v) is 3.12. The minimum atomic E-state index is -0.0687. The number of nitrogens with zero attached hydrogens (tertiary/aromatic N) is 3. The number of aryl methyl sites for hydroxylation is 1. The number of aromatic nitrogens is 3. The van der Waals surface area contributed by atoms with Crippen molar-refractivity contribution in [1.29, 1.82) is 0 Å². The molecule has 0 bridgehead atoms. The first kappa shape index (κ1) is 17.3. The van der Waals surface area contributed by atoms with E-state index in [4.69, 9.17) is 4.42 Å². The molecule has 0 saturated carbocycles. The Balaban J connectivity index is 1.51. The van der Waals surface area contributed by atoms with Crippen molar-refractivity contribution in [2.45, 2.75) is 31.5 Å². The van der Waals surface area contributed by atoms with Crippen molar-refractivity contribution in [3.63, 3.8) is 0 Å². The predicted octanol–water partition coefficient (Wildman–Crippen LogP) is 3.60. The molecule has 0 atom stereocenters. The van der Waals surface area contributed by atoms with Crippen LogP contribution in [0.5, 0.6) is 0 Å². The number of benzene rings is 1. The zero-order chi connectivity index (χ0) is 17.5. The molecular formula is C18H20N4O2S. The molecule has 2 heterocycles. The predicted molar refractivity (Wildman–Crippen MR) is 97.6 cm³/mol. The average molecular weight is 356 g/mol. The first-order valence-corrected chi connectivity index (χ1v) is 9.15. The molecule has 130 valence electrons. The third-order valence-corrected chi connectivity index (χ3v) is 4.58. The zero-order valence-electron chi connectivity index (χ0n) is 14.0. The summed E-state index contributed by atoms with van der Waals surface area (Å²) in [7, 11) is 0. The number of hydrogen-bond donors (Lipinski definition) is 1. The molecule has 3 rings (SSSR count). The van der Waals surface area contributed by atoms with Gasteiger partial charge < -0.3 is 14.3 Å². The van der Waals surface area contributed by atoms with E-state index in [2.05, 4.69) is 22.4 Å². The van der Waals surface area contributed by atoms with E-state index in [-0.39, 0.29) is 11.7 Å². The molecule has 0 spiro atoms. The molecule has 1 aromatic carbocycles. The molecule has 7 heteroatoms. The zero-order valence-corrected chi connectivity index (χ0v) is 14.8. The number of amides is 1. The minimum Gasteiger partial charge on any atom is -0.467 e. The Morgan fingerprint density at radius 3 is 2.84 bits per heavy atom. The third kappa shape index (κ3) is 4.96. The second-order valence-corrected chi connectivity index (χ2v) is 6.55. The molecule has 0 aliphatic carbocycles. The molecule has 1 N–H and O–H groups in total. The van der Waals surface area contributed by atoms with Gasteiger partial charge >= 0.3 is 0 Å². The molecule has 0 saturated heterocycles. The van der Waals surface area contributed by atoms with Crippen molar-refractivity contribution >= 4 is 23.4 Å². The number of hydrogen-bond acceptors (Lipinski definition) is 5. The summed E-state index contributed by atoms with van der Waals surface area (Å²) in [5.41, 5.74) is 2.09. The Morgan fingerprint density at radius 2 is 2.12 bits per heavy atom. The number of nitrogens with one attached hydrogen (secondary N) is 1. The van der Waals surface area contributed by atoms with E-state index in [1.54, 1.807) is 12.6 Å². The van der Waals surface area contributed by atoms with E-state index in [1.807, 2.05) is 41.0 Å². The second-order valence-electron chi connectivity index (χ2n) is 5.60. The Labute approximate surface area is 150 Å². The van der Waals surface area contributed by atoms with Crippen LogP contribution in [0, 0.1) is 0 Å². The van der Waals surface area contributed by atoms with Crippen LogP contribution in [-0.4, -0.2) is 26.4 Å². The minimum absolute atomic E-state index is 0.0687. The molecule has 0 fully saturated rings. The summed E-state index contributed by atoms with van der Waals surface area (Å²) in [4.78, 5) is 12.1. The quantitative estimate of drug-likeness (QED) is 0.624. The summed E-state index contributed by atoms with van der Waals surface area (Å²) in [5.74, 6) is 1.02. The molecular weight excluding hydrogens is 336 g/mol. The van der Waals surface area contributed by atoms with Gasteiger partial charge in [-0.3, -0.25) is 4.79 Å². The van der Waals surface area contributed by atoms with Gasteiger partial charge in [0, 0.05) is 5.69 Å². The van der Waals surface area contributed by atoms with E-state index in [0.717, 1.165) is 24.3 Å². The van der Waals surface area contributed by atoms with Crippen LogP contribution in [0.4, 0.5) is 5.69 Å². The third-order valence-electron chi connectivity index (χ3n) is 3.60. The van der Waals surface area contributed by atoms with Crippen molar-refractivity contribution in [3.8, 4) is 0 Å². The molecule has 6 nitrogen and oxygen atoms in total. The Morgan fingerprint density at radius 1 is 1.28 bits per heavy atom. The summed E-state index contributed by atoms with van der Waals surface area (Å²) < 4.78 is 7.19. The van der Waals surface area contributed by atoms with Gasteiger partial charge in [-0.1, -0.05) is 37.2 Å².